The Morgan fingerprint density at radius 2 is 2.07 bits per heavy atom. The Morgan fingerprint density at radius 1 is 1.36 bits per heavy atom. The second kappa shape index (κ2) is 5.66. The molecule has 0 aromatic heterocycles. The Labute approximate surface area is 101 Å². The van der Waals surface area contributed by atoms with E-state index in [1.807, 2.05) is 19.1 Å². The quantitative estimate of drug-likeness (QED) is 0.777. The third kappa shape index (κ3) is 2.92. The maximum absolute atomic E-state index is 11.3. The van der Waals surface area contributed by atoms with Crippen molar-refractivity contribution in [2.24, 2.45) is 0 Å². The maximum Gasteiger partial charge on any atom is 0.147 e. The molecule has 0 aliphatic carbocycles. The van der Waals surface area contributed by atoms with Gasteiger partial charge in [0.05, 0.1) is 5.33 Å². The lowest BCUT2D eigenvalue weighted by molar-refractivity contribution is -0.115. The van der Waals surface area contributed by atoms with E-state index in [1.165, 1.54) is 11.1 Å². The number of halogens is 2. The van der Waals surface area contributed by atoms with Crippen molar-refractivity contribution in [1.82, 2.24) is 0 Å². The van der Waals surface area contributed by atoms with E-state index >= 15 is 0 Å². The fourth-order valence-electron chi connectivity index (χ4n) is 1.39. The average Bonchev–Trinajstić information content (AvgIpc) is 2.20. The van der Waals surface area contributed by atoms with Gasteiger partial charge in [-0.05, 0) is 23.6 Å². The second-order valence-electron chi connectivity index (χ2n) is 3.20. The fourth-order valence-corrected chi connectivity index (χ4v) is 2.11. The van der Waals surface area contributed by atoms with Crippen LogP contribution in [0.15, 0.2) is 18.2 Å². The van der Waals surface area contributed by atoms with Gasteiger partial charge in [-0.1, -0.05) is 50.1 Å². The Balaban J connectivity index is 2.98. The van der Waals surface area contributed by atoms with Crippen LogP contribution < -0.4 is 0 Å². The summed E-state index contributed by atoms with van der Waals surface area (Å²) >= 11 is 6.61. The topological polar surface area (TPSA) is 17.1 Å². The lowest BCUT2D eigenvalue weighted by Crippen LogP contribution is -2.07. The minimum atomic E-state index is 0.224. The highest BCUT2D eigenvalue weighted by atomic mass is 79.9. The summed E-state index contributed by atoms with van der Waals surface area (Å²) in [6.07, 6.45) is 0.527. The minimum absolute atomic E-state index is 0.224. The maximum atomic E-state index is 11.3. The number of aryl methyl sites for hydroxylation is 1. The van der Waals surface area contributed by atoms with Crippen LogP contribution in [-0.4, -0.2) is 11.1 Å². The molecular weight excluding hydrogens is 308 g/mol. The van der Waals surface area contributed by atoms with Crippen LogP contribution in [0.5, 0.6) is 0 Å². The summed E-state index contributed by atoms with van der Waals surface area (Å²) in [6.45, 7) is 2.04. The highest BCUT2D eigenvalue weighted by molar-refractivity contribution is 9.09. The number of ketones is 1. The van der Waals surface area contributed by atoms with E-state index in [1.54, 1.807) is 0 Å². The molecule has 0 saturated carbocycles. The molecule has 3 heteroatoms. The van der Waals surface area contributed by atoms with E-state index in [0.717, 1.165) is 10.9 Å². The highest BCUT2D eigenvalue weighted by Gasteiger charge is 2.08. The zero-order valence-corrected chi connectivity index (χ0v) is 11.2. The van der Waals surface area contributed by atoms with Crippen LogP contribution >= 0.6 is 31.9 Å². The van der Waals surface area contributed by atoms with Gasteiger partial charge in [0.2, 0.25) is 0 Å². The van der Waals surface area contributed by atoms with Gasteiger partial charge in [0.25, 0.3) is 0 Å². The smallest absolute Gasteiger partial charge is 0.147 e. The summed E-state index contributed by atoms with van der Waals surface area (Å²) in [6, 6.07) is 6.12. The van der Waals surface area contributed by atoms with Crippen molar-refractivity contribution in [2.75, 3.05) is 5.33 Å². The summed E-state index contributed by atoms with van der Waals surface area (Å²) in [4.78, 5) is 11.3. The third-order valence-electron chi connectivity index (χ3n) is 2.17. The molecule has 1 aromatic carbocycles. The first-order valence-electron chi connectivity index (χ1n) is 4.40. The molecule has 0 unspecified atom stereocenters. The predicted molar refractivity (Wildman–Crippen MR) is 66.3 cm³/mol. The first-order valence-corrected chi connectivity index (χ1v) is 6.64. The molecule has 0 atom stereocenters. The molecule has 0 fully saturated rings. The molecule has 0 spiro atoms. The number of hydrogen-bond acceptors (Lipinski definition) is 1. The van der Waals surface area contributed by atoms with Gasteiger partial charge < -0.3 is 0 Å². The average molecular weight is 320 g/mol. The molecule has 1 nitrogen and oxygen atoms in total. The van der Waals surface area contributed by atoms with Crippen molar-refractivity contribution in [2.45, 2.75) is 18.7 Å². The first kappa shape index (κ1) is 11.9. The second-order valence-corrected chi connectivity index (χ2v) is 4.32. The molecule has 0 N–H and O–H groups in total. The Hall–Kier alpha value is -0.150. The molecule has 0 bridgehead atoms. The van der Waals surface area contributed by atoms with Crippen molar-refractivity contribution in [3.05, 3.63) is 34.9 Å². The molecule has 0 radical (unpaired) electrons. The zero-order chi connectivity index (χ0) is 10.6. The van der Waals surface area contributed by atoms with Crippen LogP contribution in [0.2, 0.25) is 0 Å². The lowest BCUT2D eigenvalue weighted by atomic mass is 9.99. The lowest BCUT2D eigenvalue weighted by Gasteiger charge is -2.09. The molecular formula is C11H12Br2O. The molecule has 0 aliphatic rings. The number of alkyl halides is 2. The molecule has 76 valence electrons. The molecule has 14 heavy (non-hydrogen) atoms. The molecule has 0 heterocycles. The minimum Gasteiger partial charge on any atom is -0.298 e. The van der Waals surface area contributed by atoms with Crippen molar-refractivity contribution >= 4 is 37.6 Å². The van der Waals surface area contributed by atoms with Gasteiger partial charge in [0.1, 0.15) is 5.78 Å². The predicted octanol–water partition coefficient (Wildman–Crippen LogP) is 3.40. The van der Waals surface area contributed by atoms with E-state index in [9.17, 15) is 4.79 Å². The largest absolute Gasteiger partial charge is 0.298 e. The fraction of sp³-hybridized carbons (Fsp3) is 0.364. The van der Waals surface area contributed by atoms with Crippen LogP contribution in [-0.2, 0) is 16.5 Å². The summed E-state index contributed by atoms with van der Waals surface area (Å²) < 4.78 is 0. The Morgan fingerprint density at radius 3 is 2.64 bits per heavy atom. The first-order chi connectivity index (χ1) is 6.69. The van der Waals surface area contributed by atoms with Gasteiger partial charge >= 0.3 is 0 Å². The molecule has 1 rings (SSSR count). The van der Waals surface area contributed by atoms with Gasteiger partial charge in [0.15, 0.2) is 0 Å². The normalized spacial score (nSPS) is 10.2. The van der Waals surface area contributed by atoms with E-state index in [4.69, 9.17) is 0 Å². The third-order valence-corrected chi connectivity index (χ3v) is 3.40. The van der Waals surface area contributed by atoms with Crippen LogP contribution in [0, 0.1) is 6.92 Å². The number of Topliss-reactive ketones (excluding diaryl/α,β-unsaturated/α-hetero) is 1. The van der Waals surface area contributed by atoms with Gasteiger partial charge in [-0.25, -0.2) is 0 Å². The van der Waals surface area contributed by atoms with Crippen LogP contribution in [0.4, 0.5) is 0 Å². The SMILES string of the molecule is Cc1cccc(CBr)c1CC(=O)CBr. The number of carbonyl (C=O) groups excluding carboxylic acids is 1. The summed E-state index contributed by atoms with van der Waals surface area (Å²) in [5.74, 6) is 0.224. The van der Waals surface area contributed by atoms with E-state index in [0.29, 0.717) is 11.8 Å². The van der Waals surface area contributed by atoms with E-state index < -0.39 is 0 Å². The number of hydrogen-bond donors (Lipinski definition) is 0. The van der Waals surface area contributed by atoms with Crippen molar-refractivity contribution < 1.29 is 4.79 Å². The monoisotopic (exact) mass is 318 g/mol. The number of carbonyl (C=O) groups is 1. The number of rotatable bonds is 4. The van der Waals surface area contributed by atoms with Crippen molar-refractivity contribution in [3.63, 3.8) is 0 Å². The molecule has 0 saturated heterocycles. The molecule has 1 aromatic rings. The van der Waals surface area contributed by atoms with Gasteiger partial charge in [-0.2, -0.15) is 0 Å². The van der Waals surface area contributed by atoms with Crippen molar-refractivity contribution in [1.29, 1.82) is 0 Å². The van der Waals surface area contributed by atoms with Gasteiger partial charge in [0, 0.05) is 11.8 Å². The molecule has 0 aliphatic heterocycles. The Bertz CT molecular complexity index is 334. The van der Waals surface area contributed by atoms with Crippen LogP contribution in [0.25, 0.3) is 0 Å². The van der Waals surface area contributed by atoms with Gasteiger partial charge in [-0.3, -0.25) is 4.79 Å². The van der Waals surface area contributed by atoms with Gasteiger partial charge in [-0.15, -0.1) is 0 Å². The molecule has 0 amide bonds. The van der Waals surface area contributed by atoms with Crippen LogP contribution in [0.1, 0.15) is 16.7 Å². The van der Waals surface area contributed by atoms with E-state index in [-0.39, 0.29) is 5.78 Å². The summed E-state index contributed by atoms with van der Waals surface area (Å²) in [7, 11) is 0. The van der Waals surface area contributed by atoms with Crippen LogP contribution in [0.3, 0.4) is 0 Å². The van der Waals surface area contributed by atoms with E-state index in [2.05, 4.69) is 37.9 Å². The highest BCUT2D eigenvalue weighted by Crippen LogP contribution is 2.18. The summed E-state index contributed by atoms with van der Waals surface area (Å²) in [5, 5.41) is 1.24. The van der Waals surface area contributed by atoms with Crippen molar-refractivity contribution in [3.8, 4) is 0 Å². The number of benzene rings is 1. The Kier molecular flexibility index (Phi) is 4.82. The summed E-state index contributed by atoms with van der Waals surface area (Å²) in [5.41, 5.74) is 3.56. The zero-order valence-electron chi connectivity index (χ0n) is 8.02. The standard InChI is InChI=1S/C11H12Br2O/c1-8-3-2-4-9(6-12)11(8)5-10(14)7-13/h2-4H,5-7H2,1H3.